The van der Waals surface area contributed by atoms with E-state index < -0.39 is 10.9 Å². The summed E-state index contributed by atoms with van der Waals surface area (Å²) in [5.74, 6) is -0.652. The first-order valence-electron chi connectivity index (χ1n) is 4.64. The van der Waals surface area contributed by atoms with Crippen LogP contribution in [0.4, 0.5) is 5.82 Å². The molecule has 0 bridgehead atoms. The summed E-state index contributed by atoms with van der Waals surface area (Å²) in [5, 5.41) is 10.7. The number of nitro groups is 1. The highest BCUT2D eigenvalue weighted by Crippen LogP contribution is 2.28. The summed E-state index contributed by atoms with van der Waals surface area (Å²) in [6.07, 6.45) is 0. The molecule has 1 aromatic heterocycles. The Labute approximate surface area is 110 Å². The smallest absolute Gasteiger partial charge is 0.378 e. The van der Waals surface area contributed by atoms with E-state index in [1.54, 1.807) is 19.1 Å². The van der Waals surface area contributed by atoms with Gasteiger partial charge in [0.1, 0.15) is 4.90 Å². The molecule has 8 heteroatoms. The van der Waals surface area contributed by atoms with Crippen molar-refractivity contribution in [2.75, 3.05) is 12.4 Å². The quantitative estimate of drug-likeness (QED) is 0.272. The number of hydrogen-bond acceptors (Lipinski definition) is 6. The van der Waals surface area contributed by atoms with Crippen molar-refractivity contribution in [3.63, 3.8) is 0 Å². The molecule has 1 aromatic rings. The summed E-state index contributed by atoms with van der Waals surface area (Å²) in [6, 6.07) is 3.12. The fourth-order valence-electron chi connectivity index (χ4n) is 0.995. The Balaban J connectivity index is 2.77. The first kappa shape index (κ1) is 13.9. The molecule has 0 N–H and O–H groups in total. The highest BCUT2D eigenvalue weighted by molar-refractivity contribution is 9.10. The van der Waals surface area contributed by atoms with Crippen LogP contribution in [0.3, 0.4) is 0 Å². The van der Waals surface area contributed by atoms with Gasteiger partial charge in [-0.2, -0.15) is 0 Å². The molecular formula is C9H9BrN2O4S. The van der Waals surface area contributed by atoms with Crippen LogP contribution < -0.4 is 0 Å². The lowest BCUT2D eigenvalue weighted by molar-refractivity contribution is -0.392. The van der Waals surface area contributed by atoms with Crippen molar-refractivity contribution < 1.29 is 14.5 Å². The molecule has 0 atom stereocenters. The van der Waals surface area contributed by atoms with Gasteiger partial charge in [-0.3, -0.25) is 4.79 Å². The second kappa shape index (κ2) is 6.55. The average Bonchev–Trinajstić information content (AvgIpc) is 2.27. The number of aromatic nitrogens is 1. The van der Waals surface area contributed by atoms with Crippen LogP contribution in [0.5, 0.6) is 0 Å². The summed E-state index contributed by atoms with van der Waals surface area (Å²) in [6.45, 7) is 1.99. The fourth-order valence-corrected chi connectivity index (χ4v) is 2.07. The maximum atomic E-state index is 11.1. The summed E-state index contributed by atoms with van der Waals surface area (Å²) < 4.78 is 5.11. The van der Waals surface area contributed by atoms with Crippen LogP contribution in [-0.4, -0.2) is 28.2 Å². The third-order valence-corrected chi connectivity index (χ3v) is 3.08. The number of carbonyl (C=O) groups excluding carboxylic acids is 1. The Morgan fingerprint density at radius 3 is 2.94 bits per heavy atom. The number of thioether (sulfide) groups is 1. The molecule has 0 aromatic carbocycles. The molecule has 0 fully saturated rings. The summed E-state index contributed by atoms with van der Waals surface area (Å²) >= 11 is 4.09. The van der Waals surface area contributed by atoms with E-state index in [0.717, 1.165) is 11.8 Å². The van der Waals surface area contributed by atoms with Crippen molar-refractivity contribution in [1.82, 2.24) is 4.98 Å². The summed E-state index contributed by atoms with van der Waals surface area (Å²) in [7, 11) is 0. The van der Waals surface area contributed by atoms with Crippen LogP contribution >= 0.6 is 27.7 Å². The molecule has 1 rings (SSSR count). The van der Waals surface area contributed by atoms with Crippen molar-refractivity contribution in [3.8, 4) is 0 Å². The average molecular weight is 321 g/mol. The van der Waals surface area contributed by atoms with Gasteiger partial charge in [-0.05, 0) is 29.0 Å². The van der Waals surface area contributed by atoms with E-state index in [1.807, 2.05) is 0 Å². The minimum atomic E-state index is -0.585. The van der Waals surface area contributed by atoms with E-state index >= 15 is 0 Å². The number of rotatable bonds is 5. The van der Waals surface area contributed by atoms with Gasteiger partial charge in [-0.1, -0.05) is 0 Å². The van der Waals surface area contributed by atoms with Crippen LogP contribution in [0.1, 0.15) is 6.92 Å². The summed E-state index contributed by atoms with van der Waals surface area (Å²) in [4.78, 5) is 25.4. The van der Waals surface area contributed by atoms with E-state index in [1.165, 1.54) is 0 Å². The van der Waals surface area contributed by atoms with Gasteiger partial charge in [0.05, 0.1) is 12.4 Å². The Morgan fingerprint density at radius 2 is 2.35 bits per heavy atom. The zero-order valence-electron chi connectivity index (χ0n) is 8.88. The zero-order chi connectivity index (χ0) is 12.8. The fraction of sp³-hybridized carbons (Fsp3) is 0.333. The molecule has 92 valence electrons. The normalized spacial score (nSPS) is 10.0. The maximum absolute atomic E-state index is 11.1. The SMILES string of the molecule is CCOC(=O)CSc1ccc(Br)nc1[N+](=O)[O-]. The number of ether oxygens (including phenoxy) is 1. The zero-order valence-corrected chi connectivity index (χ0v) is 11.3. The molecule has 0 aliphatic heterocycles. The molecule has 6 nitrogen and oxygen atoms in total. The third-order valence-electron chi connectivity index (χ3n) is 1.63. The molecule has 0 unspecified atom stereocenters. The minimum Gasteiger partial charge on any atom is -0.465 e. The van der Waals surface area contributed by atoms with Gasteiger partial charge in [0.2, 0.25) is 4.60 Å². The molecule has 0 saturated heterocycles. The van der Waals surface area contributed by atoms with Gasteiger partial charge >= 0.3 is 11.8 Å². The van der Waals surface area contributed by atoms with Crippen molar-refractivity contribution in [1.29, 1.82) is 0 Å². The Bertz CT molecular complexity index is 441. The molecule has 17 heavy (non-hydrogen) atoms. The number of pyridine rings is 1. The topological polar surface area (TPSA) is 82.3 Å². The van der Waals surface area contributed by atoms with Crippen LogP contribution in [0, 0.1) is 10.1 Å². The highest BCUT2D eigenvalue weighted by Gasteiger charge is 2.18. The van der Waals surface area contributed by atoms with Crippen molar-refractivity contribution >= 4 is 39.5 Å². The first-order chi connectivity index (χ1) is 8.04. The Hall–Kier alpha value is -1.15. The van der Waals surface area contributed by atoms with Crippen LogP contribution in [0.25, 0.3) is 0 Å². The molecule has 0 saturated carbocycles. The molecule has 0 radical (unpaired) electrons. The van der Waals surface area contributed by atoms with Gasteiger partial charge < -0.3 is 14.9 Å². The van der Waals surface area contributed by atoms with Crippen molar-refractivity contribution in [2.24, 2.45) is 0 Å². The van der Waals surface area contributed by atoms with Crippen LogP contribution in [0.15, 0.2) is 21.6 Å². The number of hydrogen-bond donors (Lipinski definition) is 0. The Kier molecular flexibility index (Phi) is 5.36. The molecule has 0 aliphatic rings. The maximum Gasteiger partial charge on any atom is 0.378 e. The predicted octanol–water partition coefficient (Wildman–Crippen LogP) is 2.41. The van der Waals surface area contributed by atoms with Gasteiger partial charge in [0.15, 0.2) is 0 Å². The summed E-state index contributed by atoms with van der Waals surface area (Å²) in [5.41, 5.74) is 0. The number of esters is 1. The lowest BCUT2D eigenvalue weighted by Gasteiger charge is -2.02. The second-order valence-corrected chi connectivity index (χ2v) is 4.64. The molecular weight excluding hydrogens is 312 g/mol. The third kappa shape index (κ3) is 4.31. The lowest BCUT2D eigenvalue weighted by Crippen LogP contribution is -2.07. The predicted molar refractivity (Wildman–Crippen MR) is 65.9 cm³/mol. The lowest BCUT2D eigenvalue weighted by atomic mass is 10.5. The van der Waals surface area contributed by atoms with E-state index in [9.17, 15) is 14.9 Å². The standard InChI is InChI=1S/C9H9BrN2O4S/c1-2-16-8(13)5-17-6-3-4-7(10)11-9(6)12(14)15/h3-4H,2,5H2,1H3. The largest absolute Gasteiger partial charge is 0.465 e. The van der Waals surface area contributed by atoms with Gasteiger partial charge in [-0.25, -0.2) is 0 Å². The van der Waals surface area contributed by atoms with Crippen molar-refractivity contribution in [2.45, 2.75) is 11.8 Å². The van der Waals surface area contributed by atoms with E-state index in [4.69, 9.17) is 4.74 Å². The van der Waals surface area contributed by atoms with E-state index in [0.29, 0.717) is 16.1 Å². The number of halogens is 1. The van der Waals surface area contributed by atoms with Crippen LogP contribution in [-0.2, 0) is 9.53 Å². The molecule has 0 amide bonds. The number of carbonyl (C=O) groups is 1. The minimum absolute atomic E-state index is 0.0258. The monoisotopic (exact) mass is 320 g/mol. The van der Waals surface area contributed by atoms with Crippen molar-refractivity contribution in [3.05, 3.63) is 26.9 Å². The second-order valence-electron chi connectivity index (χ2n) is 2.81. The molecule has 0 aliphatic carbocycles. The van der Waals surface area contributed by atoms with Gasteiger partial charge in [0, 0.05) is 15.9 Å². The molecule has 0 spiro atoms. The van der Waals surface area contributed by atoms with E-state index in [2.05, 4.69) is 20.9 Å². The van der Waals surface area contributed by atoms with Gasteiger partial charge in [-0.15, -0.1) is 11.8 Å². The molecule has 1 heterocycles. The van der Waals surface area contributed by atoms with E-state index in [-0.39, 0.29) is 11.6 Å². The van der Waals surface area contributed by atoms with Gasteiger partial charge in [0.25, 0.3) is 0 Å². The Morgan fingerprint density at radius 1 is 1.65 bits per heavy atom. The first-order valence-corrected chi connectivity index (χ1v) is 6.41. The number of nitrogens with zero attached hydrogens (tertiary/aromatic N) is 2. The highest BCUT2D eigenvalue weighted by atomic mass is 79.9. The van der Waals surface area contributed by atoms with Crippen LogP contribution in [0.2, 0.25) is 0 Å².